The molecule has 2 N–H and O–H groups in total. The summed E-state index contributed by atoms with van der Waals surface area (Å²) < 4.78 is 0. The van der Waals surface area contributed by atoms with Crippen LogP contribution in [0.15, 0.2) is 35.1 Å². The molecule has 0 saturated carbocycles. The summed E-state index contributed by atoms with van der Waals surface area (Å²) in [7, 11) is 0. The van der Waals surface area contributed by atoms with Crippen LogP contribution >= 0.6 is 11.3 Å². The maximum absolute atomic E-state index is 12.8. The monoisotopic (exact) mass is 395 g/mol. The van der Waals surface area contributed by atoms with Crippen LogP contribution in [0.1, 0.15) is 61.5 Å². The number of benzene rings is 1. The van der Waals surface area contributed by atoms with E-state index in [1.807, 2.05) is 0 Å². The van der Waals surface area contributed by atoms with Gasteiger partial charge in [0.05, 0.1) is 11.4 Å². The largest absolute Gasteiger partial charge is 0.309 e. The Labute approximate surface area is 170 Å². The quantitative estimate of drug-likeness (QED) is 0.631. The number of aryl methyl sites for hydroxylation is 2. The molecule has 1 aliphatic carbocycles. The number of aromatic nitrogens is 2. The van der Waals surface area contributed by atoms with Crippen molar-refractivity contribution in [2.75, 3.05) is 0 Å². The van der Waals surface area contributed by atoms with Crippen LogP contribution in [0.25, 0.3) is 10.2 Å². The van der Waals surface area contributed by atoms with Crippen molar-refractivity contribution in [2.24, 2.45) is 5.92 Å². The number of rotatable bonds is 6. The van der Waals surface area contributed by atoms with Crippen LogP contribution in [0, 0.1) is 5.92 Å². The molecule has 2 aromatic heterocycles. The van der Waals surface area contributed by atoms with E-state index in [1.54, 1.807) is 11.3 Å². The van der Waals surface area contributed by atoms with E-state index in [-0.39, 0.29) is 11.6 Å². The first-order chi connectivity index (χ1) is 13.5. The van der Waals surface area contributed by atoms with E-state index >= 15 is 0 Å². The molecule has 0 spiro atoms. The zero-order chi connectivity index (χ0) is 19.7. The highest BCUT2D eigenvalue weighted by atomic mass is 32.1. The smallest absolute Gasteiger partial charge is 0.259 e. The minimum atomic E-state index is 0.0147. The lowest BCUT2D eigenvalue weighted by molar-refractivity contribution is 0.443. The molecule has 1 aliphatic rings. The van der Waals surface area contributed by atoms with E-state index in [9.17, 15) is 4.79 Å². The van der Waals surface area contributed by atoms with Crippen molar-refractivity contribution in [3.8, 4) is 0 Å². The third-order valence-electron chi connectivity index (χ3n) is 5.84. The van der Waals surface area contributed by atoms with E-state index in [0.29, 0.717) is 12.0 Å². The lowest BCUT2D eigenvalue weighted by Gasteiger charge is -2.19. The van der Waals surface area contributed by atoms with E-state index in [1.165, 1.54) is 16.0 Å². The van der Waals surface area contributed by atoms with Crippen molar-refractivity contribution in [2.45, 2.75) is 65.0 Å². The topological polar surface area (TPSA) is 57.8 Å². The molecule has 0 radical (unpaired) electrons. The standard InChI is InChI=1S/C23H29N3OS/c1-14-9-12-18-19(13-14)28-23-20(18)22(27)25-21(26-23)16(3)24-15(2)10-11-17-7-5-4-6-8-17/h4-8,14-16,24H,9-13H2,1-3H3,(H,25,26,27)/t14-,15-,16-/m0/s1. The van der Waals surface area contributed by atoms with Crippen molar-refractivity contribution >= 4 is 21.6 Å². The molecule has 0 amide bonds. The lowest BCUT2D eigenvalue weighted by Crippen LogP contribution is -2.31. The number of hydrogen-bond acceptors (Lipinski definition) is 4. The first-order valence-electron chi connectivity index (χ1n) is 10.4. The summed E-state index contributed by atoms with van der Waals surface area (Å²) in [6, 6.07) is 10.9. The molecule has 0 unspecified atom stereocenters. The molecule has 148 valence electrons. The number of hydrogen-bond donors (Lipinski definition) is 2. The molecule has 1 aromatic carbocycles. The molecule has 0 bridgehead atoms. The van der Waals surface area contributed by atoms with Gasteiger partial charge in [-0.3, -0.25) is 4.79 Å². The van der Waals surface area contributed by atoms with Crippen LogP contribution in [-0.2, 0) is 19.3 Å². The Bertz CT molecular complexity index is 1010. The maximum Gasteiger partial charge on any atom is 0.259 e. The van der Waals surface area contributed by atoms with Gasteiger partial charge < -0.3 is 10.3 Å². The number of nitrogens with one attached hydrogen (secondary N) is 2. The van der Waals surface area contributed by atoms with E-state index in [0.717, 1.165) is 48.1 Å². The molecule has 3 atom stereocenters. The summed E-state index contributed by atoms with van der Waals surface area (Å²) in [5, 5.41) is 4.43. The summed E-state index contributed by atoms with van der Waals surface area (Å²) in [6.07, 6.45) is 5.34. The predicted molar refractivity (Wildman–Crippen MR) is 117 cm³/mol. The van der Waals surface area contributed by atoms with E-state index in [2.05, 4.69) is 61.4 Å². The second-order valence-electron chi connectivity index (χ2n) is 8.30. The first-order valence-corrected chi connectivity index (χ1v) is 11.2. The Hall–Kier alpha value is -1.98. The summed E-state index contributed by atoms with van der Waals surface area (Å²) in [4.78, 5) is 23.0. The Morgan fingerprint density at radius 1 is 1.29 bits per heavy atom. The fourth-order valence-corrected chi connectivity index (χ4v) is 5.58. The molecule has 28 heavy (non-hydrogen) atoms. The first kappa shape index (κ1) is 19.3. The van der Waals surface area contributed by atoms with E-state index in [4.69, 9.17) is 4.98 Å². The molecule has 3 aromatic rings. The van der Waals surface area contributed by atoms with Crippen LogP contribution in [0.4, 0.5) is 0 Å². The average Bonchev–Trinajstić information content (AvgIpc) is 3.05. The molecule has 0 aliphatic heterocycles. The number of nitrogens with zero attached hydrogens (tertiary/aromatic N) is 1. The van der Waals surface area contributed by atoms with Crippen LogP contribution in [0.2, 0.25) is 0 Å². The Kier molecular flexibility index (Phi) is 5.65. The van der Waals surface area contributed by atoms with Gasteiger partial charge in [0.1, 0.15) is 10.7 Å². The molecule has 0 saturated heterocycles. The second kappa shape index (κ2) is 8.18. The highest BCUT2D eigenvalue weighted by molar-refractivity contribution is 7.18. The van der Waals surface area contributed by atoms with Gasteiger partial charge in [-0.15, -0.1) is 11.3 Å². The van der Waals surface area contributed by atoms with Crippen molar-refractivity contribution in [1.82, 2.24) is 15.3 Å². The SMILES string of the molecule is C[C@H]1CCc2c(sc3nc([C@H](C)N[C@@H](C)CCc4ccccc4)[nH]c(=O)c23)C1. The Morgan fingerprint density at radius 3 is 2.86 bits per heavy atom. The number of fused-ring (bicyclic) bond motifs is 3. The van der Waals surface area contributed by atoms with Crippen molar-refractivity contribution < 1.29 is 0 Å². The summed E-state index contributed by atoms with van der Waals surface area (Å²) >= 11 is 1.72. The zero-order valence-corrected chi connectivity index (χ0v) is 17.7. The number of aromatic amines is 1. The second-order valence-corrected chi connectivity index (χ2v) is 9.38. The van der Waals surface area contributed by atoms with Gasteiger partial charge in [0.15, 0.2) is 0 Å². The van der Waals surface area contributed by atoms with Gasteiger partial charge in [-0.1, -0.05) is 37.3 Å². The molecule has 0 fully saturated rings. The number of thiophene rings is 1. The molecular formula is C23H29N3OS. The van der Waals surface area contributed by atoms with Crippen LogP contribution in [-0.4, -0.2) is 16.0 Å². The predicted octanol–water partition coefficient (Wildman–Crippen LogP) is 4.78. The fourth-order valence-electron chi connectivity index (χ4n) is 4.19. The van der Waals surface area contributed by atoms with Gasteiger partial charge in [-0.2, -0.15) is 0 Å². The van der Waals surface area contributed by atoms with Gasteiger partial charge in [0, 0.05) is 10.9 Å². The van der Waals surface area contributed by atoms with E-state index < -0.39 is 0 Å². The van der Waals surface area contributed by atoms with Crippen molar-refractivity contribution in [1.29, 1.82) is 0 Å². The normalized spacial score (nSPS) is 18.8. The summed E-state index contributed by atoms with van der Waals surface area (Å²) in [5.41, 5.74) is 2.63. The minimum Gasteiger partial charge on any atom is -0.309 e. The highest BCUT2D eigenvalue weighted by Crippen LogP contribution is 2.35. The molecule has 4 nitrogen and oxygen atoms in total. The molecule has 5 heteroatoms. The lowest BCUT2D eigenvalue weighted by atomic mass is 9.89. The Balaban J connectivity index is 1.48. The average molecular weight is 396 g/mol. The molecule has 2 heterocycles. The minimum absolute atomic E-state index is 0.0147. The fraction of sp³-hybridized carbons (Fsp3) is 0.478. The van der Waals surface area contributed by atoms with Crippen LogP contribution in [0.3, 0.4) is 0 Å². The maximum atomic E-state index is 12.8. The number of H-pyrrole nitrogens is 1. The van der Waals surface area contributed by atoms with Crippen molar-refractivity contribution in [3.05, 3.63) is 62.5 Å². The third kappa shape index (κ3) is 4.06. The van der Waals surface area contributed by atoms with Gasteiger partial charge in [-0.25, -0.2) is 4.98 Å². The third-order valence-corrected chi connectivity index (χ3v) is 6.99. The van der Waals surface area contributed by atoms with Crippen LogP contribution < -0.4 is 10.9 Å². The van der Waals surface area contributed by atoms with Gasteiger partial charge in [-0.05, 0) is 63.0 Å². The van der Waals surface area contributed by atoms with Gasteiger partial charge in [0.25, 0.3) is 5.56 Å². The van der Waals surface area contributed by atoms with Gasteiger partial charge >= 0.3 is 0 Å². The van der Waals surface area contributed by atoms with Crippen LogP contribution in [0.5, 0.6) is 0 Å². The van der Waals surface area contributed by atoms with Crippen molar-refractivity contribution in [3.63, 3.8) is 0 Å². The highest BCUT2D eigenvalue weighted by Gasteiger charge is 2.24. The van der Waals surface area contributed by atoms with Gasteiger partial charge in [0.2, 0.25) is 0 Å². The molecular weight excluding hydrogens is 366 g/mol. The zero-order valence-electron chi connectivity index (χ0n) is 16.9. The molecule has 4 rings (SSSR count). The summed E-state index contributed by atoms with van der Waals surface area (Å²) in [6.45, 7) is 6.57. The Morgan fingerprint density at radius 2 is 2.07 bits per heavy atom. The summed E-state index contributed by atoms with van der Waals surface area (Å²) in [5.74, 6) is 1.45.